The molecule has 0 radical (unpaired) electrons. The number of rotatable bonds is 7. The molecule has 2 aromatic heterocycles. The van der Waals surface area contributed by atoms with Crippen LogP contribution in [0, 0.1) is 5.41 Å². The number of nitrogens with zero attached hydrogens (tertiary/aromatic N) is 8. The maximum absolute atomic E-state index is 14.0. The van der Waals surface area contributed by atoms with Crippen molar-refractivity contribution in [3.05, 3.63) is 93.7 Å². The molecule has 2 amide bonds. The normalized spacial score (nSPS) is 20.9. The SMILES string of the molecule is CC(C)n1cc(C2=NCc3ccc(N4CC[C@]5(CCN(CC(=O)N6CC=C(c7ccc(-c8nn(C)c(=O)o8)cc7)CC6)C5)C4=O)cc32)cn1. The summed E-state index contributed by atoms with van der Waals surface area (Å²) < 4.78 is 8.30. The van der Waals surface area contributed by atoms with Crippen molar-refractivity contribution in [3.8, 4) is 11.5 Å². The van der Waals surface area contributed by atoms with Crippen molar-refractivity contribution < 1.29 is 14.0 Å². The van der Waals surface area contributed by atoms with Gasteiger partial charge >= 0.3 is 5.76 Å². The molecule has 0 aliphatic carbocycles. The number of benzene rings is 2. The largest absolute Gasteiger partial charge is 0.437 e. The molecule has 4 aromatic rings. The predicted octanol–water partition coefficient (Wildman–Crippen LogP) is 3.91. The maximum Gasteiger partial charge on any atom is 0.437 e. The van der Waals surface area contributed by atoms with Gasteiger partial charge in [-0.2, -0.15) is 9.78 Å². The number of hydrogen-bond acceptors (Lipinski definition) is 8. The fourth-order valence-corrected chi connectivity index (χ4v) is 7.61. The molecule has 12 nitrogen and oxygen atoms in total. The van der Waals surface area contributed by atoms with Crippen LogP contribution in [0.5, 0.6) is 0 Å². The zero-order chi connectivity index (χ0) is 33.9. The summed E-state index contributed by atoms with van der Waals surface area (Å²) in [5.74, 6) is 0.0593. The highest BCUT2D eigenvalue weighted by Crippen LogP contribution is 2.43. The van der Waals surface area contributed by atoms with Crippen molar-refractivity contribution >= 4 is 28.8 Å². The van der Waals surface area contributed by atoms with Crippen LogP contribution < -0.4 is 10.7 Å². The summed E-state index contributed by atoms with van der Waals surface area (Å²) in [7, 11) is 1.56. The predicted molar refractivity (Wildman–Crippen MR) is 185 cm³/mol. The molecule has 1 spiro atoms. The van der Waals surface area contributed by atoms with Crippen LogP contribution in [-0.4, -0.2) is 86.2 Å². The van der Waals surface area contributed by atoms with Gasteiger partial charge in [0.25, 0.3) is 0 Å². The van der Waals surface area contributed by atoms with Gasteiger partial charge in [-0.05, 0) is 80.6 Å². The van der Waals surface area contributed by atoms with Gasteiger partial charge in [-0.3, -0.25) is 24.2 Å². The van der Waals surface area contributed by atoms with Crippen LogP contribution >= 0.6 is 0 Å². The Labute approximate surface area is 284 Å². The Morgan fingerprint density at radius 3 is 2.51 bits per heavy atom. The second kappa shape index (κ2) is 12.1. The second-order valence-corrected chi connectivity index (χ2v) is 14.0. The number of carbonyl (C=O) groups is 2. The molecule has 49 heavy (non-hydrogen) atoms. The number of likely N-dealkylation sites (tertiary alicyclic amines) is 1. The maximum atomic E-state index is 14.0. The second-order valence-electron chi connectivity index (χ2n) is 14.0. The smallest absolute Gasteiger partial charge is 0.388 e. The molecular formula is C37H40N8O4. The highest BCUT2D eigenvalue weighted by Gasteiger charge is 2.51. The Morgan fingerprint density at radius 2 is 1.80 bits per heavy atom. The first-order valence-corrected chi connectivity index (χ1v) is 17.1. The number of carbonyl (C=O) groups excluding carboxylic acids is 2. The lowest BCUT2D eigenvalue weighted by molar-refractivity contribution is -0.132. The van der Waals surface area contributed by atoms with Gasteiger partial charge in [0.05, 0.1) is 30.4 Å². The number of anilines is 1. The van der Waals surface area contributed by atoms with E-state index >= 15 is 0 Å². The van der Waals surface area contributed by atoms with Crippen molar-refractivity contribution in [2.45, 2.75) is 45.7 Å². The third-order valence-electron chi connectivity index (χ3n) is 10.5. The lowest BCUT2D eigenvalue weighted by Crippen LogP contribution is -2.43. The van der Waals surface area contributed by atoms with E-state index in [2.05, 4.69) is 47.2 Å². The third kappa shape index (κ3) is 5.63. The van der Waals surface area contributed by atoms with E-state index in [1.807, 2.05) is 57.2 Å². The van der Waals surface area contributed by atoms with Gasteiger partial charge in [0.1, 0.15) is 0 Å². The average Bonchev–Trinajstić information content (AvgIpc) is 3.95. The van der Waals surface area contributed by atoms with Crippen molar-refractivity contribution in [1.29, 1.82) is 0 Å². The molecule has 2 aromatic carbocycles. The van der Waals surface area contributed by atoms with Gasteiger partial charge in [0, 0.05) is 67.8 Å². The summed E-state index contributed by atoms with van der Waals surface area (Å²) in [5, 5.41) is 8.62. The lowest BCUT2D eigenvalue weighted by Gasteiger charge is -2.29. The van der Waals surface area contributed by atoms with Crippen LogP contribution in [-0.2, 0) is 23.2 Å². The topological polar surface area (TPSA) is 122 Å². The quantitative estimate of drug-likeness (QED) is 0.295. The van der Waals surface area contributed by atoms with Gasteiger partial charge in [0.15, 0.2) is 0 Å². The third-order valence-corrected chi connectivity index (χ3v) is 10.5. The van der Waals surface area contributed by atoms with Crippen molar-refractivity contribution in [1.82, 2.24) is 29.4 Å². The van der Waals surface area contributed by atoms with Crippen LogP contribution in [0.4, 0.5) is 5.69 Å². The zero-order valence-corrected chi connectivity index (χ0v) is 28.1. The first-order chi connectivity index (χ1) is 23.7. The summed E-state index contributed by atoms with van der Waals surface area (Å²) in [5.41, 5.74) is 7.63. The molecule has 0 unspecified atom stereocenters. The lowest BCUT2D eigenvalue weighted by atomic mass is 9.85. The van der Waals surface area contributed by atoms with Crippen molar-refractivity contribution in [2.24, 2.45) is 17.5 Å². The molecule has 0 bridgehead atoms. The van der Waals surface area contributed by atoms with Gasteiger partial charge in [-0.25, -0.2) is 4.79 Å². The Kier molecular flexibility index (Phi) is 7.70. The standard InChI is InChI=1S/C37H40N8O4/c1-24(2)45-21-29(20-39-45)33-31-18-30(9-8-28(31)19-38-33)44-17-13-37(35(44)47)12-16-42(23-37)22-32(46)43-14-10-26(11-15-43)25-4-6-27(7-5-25)34-40-41(3)36(48)49-34/h4-10,18,20-21,24H,11-17,19,22-23H2,1-3H3/t37-/m0/s1. The van der Waals surface area contributed by atoms with E-state index < -0.39 is 11.2 Å². The number of amides is 2. The first-order valence-electron chi connectivity index (χ1n) is 17.1. The summed E-state index contributed by atoms with van der Waals surface area (Å²) in [6, 6.07) is 14.3. The van der Waals surface area contributed by atoms with Gasteiger partial charge in [0.2, 0.25) is 17.7 Å². The Balaban J connectivity index is 0.880. The highest BCUT2D eigenvalue weighted by molar-refractivity contribution is 6.15. The number of aromatic nitrogens is 4. The van der Waals surface area contributed by atoms with E-state index in [4.69, 9.17) is 9.41 Å². The molecule has 2 fully saturated rings. The number of aryl methyl sites for hydroxylation is 1. The monoisotopic (exact) mass is 660 g/mol. The van der Waals surface area contributed by atoms with E-state index in [0.29, 0.717) is 45.2 Å². The molecule has 12 heteroatoms. The molecular weight excluding hydrogens is 620 g/mol. The van der Waals surface area contributed by atoms with E-state index in [0.717, 1.165) is 65.0 Å². The summed E-state index contributed by atoms with van der Waals surface area (Å²) in [4.78, 5) is 49.9. The Morgan fingerprint density at radius 1 is 1.00 bits per heavy atom. The minimum atomic E-state index is -0.494. The first kappa shape index (κ1) is 31.2. The van der Waals surface area contributed by atoms with Crippen LogP contribution in [0.3, 0.4) is 0 Å². The van der Waals surface area contributed by atoms with Crippen molar-refractivity contribution in [3.63, 3.8) is 0 Å². The zero-order valence-electron chi connectivity index (χ0n) is 28.1. The molecule has 252 valence electrons. The summed E-state index contributed by atoms with van der Waals surface area (Å²) >= 11 is 0. The molecule has 0 N–H and O–H groups in total. The summed E-state index contributed by atoms with van der Waals surface area (Å²) in [6.07, 6.45) is 8.34. The molecule has 0 saturated carbocycles. The molecule has 4 aliphatic heterocycles. The van der Waals surface area contributed by atoms with Crippen LogP contribution in [0.1, 0.15) is 61.4 Å². The number of fused-ring (bicyclic) bond motifs is 1. The Hall–Kier alpha value is -5.10. The average molecular weight is 661 g/mol. The fraction of sp³-hybridized carbons (Fsp3) is 0.405. The molecule has 8 rings (SSSR count). The van der Waals surface area contributed by atoms with Gasteiger partial charge in [-0.1, -0.05) is 24.3 Å². The van der Waals surface area contributed by atoms with E-state index in [1.54, 1.807) is 7.05 Å². The van der Waals surface area contributed by atoms with Crippen LogP contribution in [0.15, 0.2) is 75.1 Å². The highest BCUT2D eigenvalue weighted by atomic mass is 16.4. The van der Waals surface area contributed by atoms with Crippen molar-refractivity contribution in [2.75, 3.05) is 44.2 Å². The fourth-order valence-electron chi connectivity index (χ4n) is 7.61. The van der Waals surface area contributed by atoms with Crippen LogP contribution in [0.2, 0.25) is 0 Å². The van der Waals surface area contributed by atoms with E-state index in [1.165, 1.54) is 10.3 Å². The van der Waals surface area contributed by atoms with Gasteiger partial charge < -0.3 is 14.2 Å². The number of aliphatic imine (C=N–C) groups is 1. The minimum absolute atomic E-state index is 0.0985. The summed E-state index contributed by atoms with van der Waals surface area (Å²) in [6.45, 7) is 8.39. The molecule has 1 atom stereocenters. The molecule has 4 aliphatic rings. The molecule has 2 saturated heterocycles. The minimum Gasteiger partial charge on any atom is -0.388 e. The van der Waals surface area contributed by atoms with Crippen LogP contribution in [0.25, 0.3) is 17.0 Å². The van der Waals surface area contributed by atoms with E-state index in [9.17, 15) is 14.4 Å². The van der Waals surface area contributed by atoms with Gasteiger partial charge in [-0.15, -0.1) is 5.10 Å². The van der Waals surface area contributed by atoms with E-state index in [-0.39, 0.29) is 17.9 Å². The number of hydrogen-bond donors (Lipinski definition) is 0. The Bertz CT molecular complexity index is 2070. The molecule has 6 heterocycles.